The van der Waals surface area contributed by atoms with Crippen molar-refractivity contribution >= 4 is 17.7 Å². The van der Waals surface area contributed by atoms with Gasteiger partial charge >= 0.3 is 11.9 Å². The highest BCUT2D eigenvalue weighted by Crippen LogP contribution is 2.47. The van der Waals surface area contributed by atoms with Crippen molar-refractivity contribution in [3.8, 4) is 5.75 Å². The van der Waals surface area contributed by atoms with Crippen molar-refractivity contribution < 1.29 is 28.6 Å². The van der Waals surface area contributed by atoms with Crippen LogP contribution in [0, 0.1) is 11.8 Å². The van der Waals surface area contributed by atoms with Crippen LogP contribution in [0.5, 0.6) is 5.75 Å². The van der Waals surface area contributed by atoms with Crippen LogP contribution in [0.25, 0.3) is 0 Å². The van der Waals surface area contributed by atoms with Crippen LogP contribution in [-0.2, 0) is 23.9 Å². The van der Waals surface area contributed by atoms with E-state index in [4.69, 9.17) is 14.2 Å². The van der Waals surface area contributed by atoms with Crippen LogP contribution in [0.2, 0.25) is 0 Å². The second-order valence-corrected chi connectivity index (χ2v) is 7.73. The predicted octanol–water partition coefficient (Wildman–Crippen LogP) is 3.26. The van der Waals surface area contributed by atoms with Crippen molar-refractivity contribution in [3.05, 3.63) is 52.4 Å². The van der Waals surface area contributed by atoms with Gasteiger partial charge in [0.25, 0.3) is 0 Å². The number of nitrogens with one attached hydrogen (secondary N) is 1. The molecule has 3 atom stereocenters. The van der Waals surface area contributed by atoms with Gasteiger partial charge in [-0.2, -0.15) is 0 Å². The number of ether oxygens (including phenoxy) is 3. The second kappa shape index (κ2) is 9.37. The van der Waals surface area contributed by atoms with Crippen molar-refractivity contribution in [1.82, 2.24) is 5.32 Å². The van der Waals surface area contributed by atoms with Gasteiger partial charge in [0.05, 0.1) is 31.8 Å². The van der Waals surface area contributed by atoms with Gasteiger partial charge in [-0.3, -0.25) is 9.59 Å². The fourth-order valence-electron chi connectivity index (χ4n) is 4.48. The lowest BCUT2D eigenvalue weighted by atomic mass is 9.69. The zero-order valence-corrected chi connectivity index (χ0v) is 18.6. The molecule has 0 spiro atoms. The minimum absolute atomic E-state index is 0.205. The molecule has 0 fully saturated rings. The molecule has 7 heteroatoms. The highest BCUT2D eigenvalue weighted by atomic mass is 16.5. The molecule has 166 valence electrons. The van der Waals surface area contributed by atoms with Crippen molar-refractivity contribution in [2.45, 2.75) is 40.0 Å². The molecule has 0 saturated carbocycles. The highest BCUT2D eigenvalue weighted by Gasteiger charge is 2.47. The molecule has 1 aromatic rings. The molecule has 1 aromatic carbocycles. The monoisotopic (exact) mass is 427 g/mol. The number of allylic oxidation sites excluding steroid dienone is 3. The average molecular weight is 427 g/mol. The van der Waals surface area contributed by atoms with Crippen LogP contribution in [0.15, 0.2) is 46.8 Å². The molecule has 0 aromatic heterocycles. The number of carbonyl (C=O) groups is 3. The standard InChI is InChI=1S/C24H29NO6/c1-6-30-17-11-9-8-10-15(17)20-19(24(28)31-7-2)14(4)25-16-12-13(3)18(23(27)29-5)22(26)21(16)20/h8-11,13,18,20,25H,6-7,12H2,1-5H3/t13-,18+,20-/m0/s1. The molecular weight excluding hydrogens is 398 g/mol. The third-order valence-corrected chi connectivity index (χ3v) is 5.77. The van der Waals surface area contributed by atoms with Crippen molar-refractivity contribution in [2.75, 3.05) is 20.3 Å². The number of para-hydroxylation sites is 1. The van der Waals surface area contributed by atoms with Crippen LogP contribution in [0.4, 0.5) is 0 Å². The summed E-state index contributed by atoms with van der Waals surface area (Å²) in [7, 11) is 1.28. The van der Waals surface area contributed by atoms with Gasteiger partial charge < -0.3 is 19.5 Å². The summed E-state index contributed by atoms with van der Waals surface area (Å²) in [5.41, 5.74) is 2.78. The maximum Gasteiger partial charge on any atom is 0.336 e. The molecule has 1 heterocycles. The molecule has 1 aliphatic heterocycles. The Morgan fingerprint density at radius 1 is 1.16 bits per heavy atom. The van der Waals surface area contributed by atoms with Gasteiger partial charge in [0.1, 0.15) is 11.7 Å². The minimum atomic E-state index is -0.922. The molecule has 2 aliphatic rings. The summed E-state index contributed by atoms with van der Waals surface area (Å²) in [6.07, 6.45) is 0.488. The number of Topliss-reactive ketones (excluding diaryl/α,β-unsaturated/α-hetero) is 1. The Hall–Kier alpha value is -3.09. The first-order valence-corrected chi connectivity index (χ1v) is 10.6. The van der Waals surface area contributed by atoms with Crippen LogP contribution in [-0.4, -0.2) is 38.0 Å². The van der Waals surface area contributed by atoms with Gasteiger partial charge in [-0.05, 0) is 39.2 Å². The number of hydrogen-bond acceptors (Lipinski definition) is 7. The second-order valence-electron chi connectivity index (χ2n) is 7.73. The van der Waals surface area contributed by atoms with E-state index >= 15 is 0 Å². The van der Waals surface area contributed by atoms with Crippen molar-refractivity contribution in [3.63, 3.8) is 0 Å². The molecule has 7 nitrogen and oxygen atoms in total. The van der Waals surface area contributed by atoms with E-state index in [1.807, 2.05) is 38.1 Å². The highest BCUT2D eigenvalue weighted by molar-refractivity contribution is 6.12. The zero-order chi connectivity index (χ0) is 22.7. The predicted molar refractivity (Wildman–Crippen MR) is 114 cm³/mol. The maximum atomic E-state index is 13.6. The topological polar surface area (TPSA) is 90.9 Å². The quantitative estimate of drug-likeness (QED) is 0.550. The number of ketones is 1. The van der Waals surface area contributed by atoms with E-state index in [0.717, 1.165) is 5.70 Å². The zero-order valence-electron chi connectivity index (χ0n) is 18.6. The number of rotatable bonds is 6. The molecule has 1 aliphatic carbocycles. The minimum Gasteiger partial charge on any atom is -0.494 e. The lowest BCUT2D eigenvalue weighted by molar-refractivity contribution is -0.151. The van der Waals surface area contributed by atoms with Gasteiger partial charge in [0.15, 0.2) is 5.78 Å². The molecule has 0 saturated heterocycles. The van der Waals surface area contributed by atoms with Gasteiger partial charge in [0, 0.05) is 22.5 Å². The normalized spacial score (nSPS) is 23.1. The molecule has 0 amide bonds. The number of methoxy groups -OCH3 is 1. The van der Waals surface area contributed by atoms with Gasteiger partial charge in [-0.25, -0.2) is 4.79 Å². The van der Waals surface area contributed by atoms with E-state index in [1.165, 1.54) is 7.11 Å². The molecule has 0 unspecified atom stereocenters. The Morgan fingerprint density at radius 2 is 1.87 bits per heavy atom. The Balaban J connectivity index is 2.23. The Bertz CT molecular complexity index is 961. The van der Waals surface area contributed by atoms with E-state index in [0.29, 0.717) is 41.2 Å². The summed E-state index contributed by atoms with van der Waals surface area (Å²) in [6.45, 7) is 7.90. The van der Waals surface area contributed by atoms with Crippen LogP contribution < -0.4 is 10.1 Å². The summed E-state index contributed by atoms with van der Waals surface area (Å²) in [4.78, 5) is 39.1. The Kier molecular flexibility index (Phi) is 6.83. The van der Waals surface area contributed by atoms with E-state index in [1.54, 1.807) is 13.8 Å². The fraction of sp³-hybridized carbons (Fsp3) is 0.458. The molecular formula is C24H29NO6. The first-order chi connectivity index (χ1) is 14.8. The lowest BCUT2D eigenvalue weighted by Crippen LogP contribution is -2.43. The van der Waals surface area contributed by atoms with Crippen molar-refractivity contribution in [2.24, 2.45) is 11.8 Å². The van der Waals surface area contributed by atoms with Gasteiger partial charge in [0.2, 0.25) is 0 Å². The summed E-state index contributed by atoms with van der Waals surface area (Å²) in [6, 6.07) is 7.34. The van der Waals surface area contributed by atoms with E-state index in [-0.39, 0.29) is 18.3 Å². The number of carbonyl (C=O) groups excluding carboxylic acids is 3. The number of hydrogen-bond donors (Lipinski definition) is 1. The van der Waals surface area contributed by atoms with Crippen molar-refractivity contribution in [1.29, 1.82) is 0 Å². The summed E-state index contributed by atoms with van der Waals surface area (Å²) < 4.78 is 16.1. The summed E-state index contributed by atoms with van der Waals surface area (Å²) >= 11 is 0. The number of esters is 2. The van der Waals surface area contributed by atoms with Crippen LogP contribution in [0.1, 0.15) is 45.6 Å². The third kappa shape index (κ3) is 4.09. The Labute approximate surface area is 182 Å². The molecule has 3 rings (SSSR count). The van der Waals surface area contributed by atoms with Gasteiger partial charge in [-0.1, -0.05) is 25.1 Å². The van der Waals surface area contributed by atoms with Crippen LogP contribution >= 0.6 is 0 Å². The first-order valence-electron chi connectivity index (χ1n) is 10.6. The molecule has 0 bridgehead atoms. The average Bonchev–Trinajstić information content (AvgIpc) is 2.73. The van der Waals surface area contributed by atoms with E-state index < -0.39 is 23.8 Å². The largest absolute Gasteiger partial charge is 0.494 e. The first kappa shape index (κ1) is 22.6. The lowest BCUT2D eigenvalue weighted by Gasteiger charge is -2.38. The SMILES string of the molecule is CCOC(=O)C1=C(C)NC2=C(C(=O)[C@H](C(=O)OC)[C@@H](C)C2)[C@H]1c1ccccc1OCC. The molecule has 1 N–H and O–H groups in total. The fourth-order valence-corrected chi connectivity index (χ4v) is 4.48. The van der Waals surface area contributed by atoms with E-state index in [9.17, 15) is 14.4 Å². The number of benzene rings is 1. The summed E-state index contributed by atoms with van der Waals surface area (Å²) in [5, 5.41) is 3.24. The molecule has 31 heavy (non-hydrogen) atoms. The summed E-state index contributed by atoms with van der Waals surface area (Å²) in [5.74, 6) is -2.68. The number of dihydropyridines is 1. The molecule has 0 radical (unpaired) electrons. The van der Waals surface area contributed by atoms with E-state index in [2.05, 4.69) is 5.32 Å². The Morgan fingerprint density at radius 3 is 2.52 bits per heavy atom. The maximum absolute atomic E-state index is 13.6. The smallest absolute Gasteiger partial charge is 0.336 e. The van der Waals surface area contributed by atoms with Crippen LogP contribution in [0.3, 0.4) is 0 Å². The third-order valence-electron chi connectivity index (χ3n) is 5.77. The van der Waals surface area contributed by atoms with Gasteiger partial charge in [-0.15, -0.1) is 0 Å².